The van der Waals surface area contributed by atoms with Gasteiger partial charge >= 0.3 is 0 Å². The van der Waals surface area contributed by atoms with E-state index in [0.717, 1.165) is 6.42 Å². The Morgan fingerprint density at radius 2 is 2.43 bits per heavy atom. The van der Waals surface area contributed by atoms with E-state index in [4.69, 9.17) is 10.5 Å². The highest BCUT2D eigenvalue weighted by Gasteiger charge is 1.93. The summed E-state index contributed by atoms with van der Waals surface area (Å²) in [6.07, 6.45) is 0.744. The van der Waals surface area contributed by atoms with Gasteiger partial charge in [-0.25, -0.2) is 0 Å². The van der Waals surface area contributed by atoms with E-state index in [2.05, 4.69) is 6.92 Å². The third-order valence-corrected chi connectivity index (χ3v) is 0.752. The molecule has 0 aromatic heterocycles. The van der Waals surface area contributed by atoms with Crippen LogP contribution in [-0.2, 0) is 4.74 Å². The Labute approximate surface area is 44.7 Å². The van der Waals surface area contributed by atoms with Gasteiger partial charge in [-0.2, -0.15) is 0 Å². The van der Waals surface area contributed by atoms with E-state index in [1.807, 2.05) is 0 Å². The molecule has 7 heavy (non-hydrogen) atoms. The molecule has 0 spiro atoms. The molecule has 0 saturated heterocycles. The summed E-state index contributed by atoms with van der Waals surface area (Å²) in [5.74, 6) is 0. The van der Waals surface area contributed by atoms with E-state index in [1.54, 1.807) is 7.11 Å². The van der Waals surface area contributed by atoms with Crippen molar-refractivity contribution in [2.45, 2.75) is 12.5 Å². The maximum absolute atomic E-state index is 5.40. The van der Waals surface area contributed by atoms with Gasteiger partial charge in [0.25, 0.3) is 0 Å². The van der Waals surface area contributed by atoms with Gasteiger partial charge in [-0.1, -0.05) is 6.92 Å². The molecule has 0 bridgehead atoms. The molecule has 1 atom stereocenters. The Bertz CT molecular complexity index is 39.1. The molecule has 0 aliphatic carbocycles. The van der Waals surface area contributed by atoms with Crippen LogP contribution in [0, 0.1) is 6.92 Å². The van der Waals surface area contributed by atoms with Gasteiger partial charge in [0.05, 0.1) is 6.61 Å². The summed E-state index contributed by atoms with van der Waals surface area (Å²) in [6.45, 7) is 4.21. The molecular formula is C5H12NO. The molecule has 0 amide bonds. The molecule has 0 aliphatic rings. The Morgan fingerprint density at radius 1 is 1.86 bits per heavy atom. The summed E-state index contributed by atoms with van der Waals surface area (Å²) in [5.41, 5.74) is 5.40. The van der Waals surface area contributed by atoms with Crippen LogP contribution in [0.5, 0.6) is 0 Å². The van der Waals surface area contributed by atoms with Crippen LogP contribution in [-0.4, -0.2) is 19.8 Å². The van der Waals surface area contributed by atoms with Gasteiger partial charge in [-0.15, -0.1) is 0 Å². The topological polar surface area (TPSA) is 35.2 Å². The monoisotopic (exact) mass is 102 g/mol. The highest BCUT2D eigenvalue weighted by molar-refractivity contribution is 4.59. The molecule has 0 aromatic rings. The predicted molar refractivity (Wildman–Crippen MR) is 29.8 cm³/mol. The van der Waals surface area contributed by atoms with Crippen LogP contribution in [0.1, 0.15) is 6.42 Å². The molecule has 2 N–H and O–H groups in total. The fourth-order valence-electron chi connectivity index (χ4n) is 0.297. The molecule has 1 unspecified atom stereocenters. The van der Waals surface area contributed by atoms with Crippen LogP contribution in [0.3, 0.4) is 0 Å². The summed E-state index contributed by atoms with van der Waals surface area (Å²) < 4.78 is 4.73. The normalized spacial score (nSPS) is 14.1. The fraction of sp³-hybridized carbons (Fsp3) is 0.800. The van der Waals surface area contributed by atoms with E-state index in [0.29, 0.717) is 6.61 Å². The first-order valence-corrected chi connectivity index (χ1v) is 2.35. The van der Waals surface area contributed by atoms with Crippen molar-refractivity contribution < 1.29 is 4.74 Å². The summed E-state index contributed by atoms with van der Waals surface area (Å²) >= 11 is 0. The summed E-state index contributed by atoms with van der Waals surface area (Å²) in [6, 6.07) is 0.116. The number of hydrogen-bond donors (Lipinski definition) is 1. The molecule has 43 valence electrons. The smallest absolute Gasteiger partial charge is 0.0613 e. The molecular weight excluding hydrogens is 90.1 g/mol. The molecule has 0 aromatic carbocycles. The summed E-state index contributed by atoms with van der Waals surface area (Å²) in [5, 5.41) is 0. The first kappa shape index (κ1) is 6.92. The van der Waals surface area contributed by atoms with Gasteiger partial charge in [0.2, 0.25) is 0 Å². The van der Waals surface area contributed by atoms with Crippen LogP contribution in [0.15, 0.2) is 0 Å². The molecule has 0 heterocycles. The maximum atomic E-state index is 5.40. The summed E-state index contributed by atoms with van der Waals surface area (Å²) in [4.78, 5) is 0. The fourth-order valence-corrected chi connectivity index (χ4v) is 0.297. The Morgan fingerprint density at radius 3 is 2.57 bits per heavy atom. The van der Waals surface area contributed by atoms with Gasteiger partial charge in [-0.05, 0) is 6.42 Å². The third kappa shape index (κ3) is 3.76. The zero-order valence-corrected chi connectivity index (χ0v) is 4.68. The predicted octanol–water partition coefficient (Wildman–Crippen LogP) is 0.184. The standard InChI is InChI=1S/C5H12NO/c1-3-5(6)4-7-2/h5H,1,3-4,6H2,2H3. The van der Waals surface area contributed by atoms with Crippen molar-refractivity contribution in [3.05, 3.63) is 6.92 Å². The maximum Gasteiger partial charge on any atom is 0.0613 e. The van der Waals surface area contributed by atoms with Gasteiger partial charge < -0.3 is 10.5 Å². The zero-order chi connectivity index (χ0) is 5.70. The van der Waals surface area contributed by atoms with Crippen molar-refractivity contribution in [1.29, 1.82) is 0 Å². The number of hydrogen-bond acceptors (Lipinski definition) is 2. The van der Waals surface area contributed by atoms with Crippen molar-refractivity contribution in [3.8, 4) is 0 Å². The quantitative estimate of drug-likeness (QED) is 0.552. The zero-order valence-electron chi connectivity index (χ0n) is 4.68. The molecule has 0 aliphatic heterocycles. The lowest BCUT2D eigenvalue weighted by molar-refractivity contribution is 0.180. The Balaban J connectivity index is 2.83. The van der Waals surface area contributed by atoms with Crippen LogP contribution in [0.25, 0.3) is 0 Å². The minimum absolute atomic E-state index is 0.116. The number of rotatable bonds is 3. The average Bonchev–Trinajstić information content (AvgIpc) is 1.68. The minimum atomic E-state index is 0.116. The van der Waals surface area contributed by atoms with E-state index < -0.39 is 0 Å². The van der Waals surface area contributed by atoms with Crippen molar-refractivity contribution in [1.82, 2.24) is 0 Å². The second-order valence-corrected chi connectivity index (χ2v) is 1.50. The Kier molecular flexibility index (Phi) is 4.04. The summed E-state index contributed by atoms with van der Waals surface area (Å²) in [7, 11) is 1.63. The number of methoxy groups -OCH3 is 1. The highest BCUT2D eigenvalue weighted by Crippen LogP contribution is 1.82. The molecule has 2 nitrogen and oxygen atoms in total. The minimum Gasteiger partial charge on any atom is -0.383 e. The van der Waals surface area contributed by atoms with E-state index in [-0.39, 0.29) is 6.04 Å². The number of nitrogens with two attached hydrogens (primary N) is 1. The van der Waals surface area contributed by atoms with Crippen LogP contribution in [0.2, 0.25) is 0 Å². The van der Waals surface area contributed by atoms with Gasteiger partial charge in [0.1, 0.15) is 0 Å². The highest BCUT2D eigenvalue weighted by atomic mass is 16.5. The third-order valence-electron chi connectivity index (χ3n) is 0.752. The van der Waals surface area contributed by atoms with E-state index in [1.165, 1.54) is 0 Å². The van der Waals surface area contributed by atoms with Crippen LogP contribution >= 0.6 is 0 Å². The lowest BCUT2D eigenvalue weighted by atomic mass is 10.3. The van der Waals surface area contributed by atoms with Crippen LogP contribution < -0.4 is 5.73 Å². The molecule has 0 saturated carbocycles. The second-order valence-electron chi connectivity index (χ2n) is 1.50. The molecule has 2 heteroatoms. The first-order chi connectivity index (χ1) is 3.31. The Hall–Kier alpha value is -0.0800. The number of ether oxygens (including phenoxy) is 1. The SMILES string of the molecule is [CH2]CC(N)COC. The van der Waals surface area contributed by atoms with Gasteiger partial charge in [0, 0.05) is 13.2 Å². The lowest BCUT2D eigenvalue weighted by Crippen LogP contribution is -2.24. The van der Waals surface area contributed by atoms with E-state index >= 15 is 0 Å². The van der Waals surface area contributed by atoms with Crippen molar-refractivity contribution in [2.75, 3.05) is 13.7 Å². The van der Waals surface area contributed by atoms with Gasteiger partial charge in [-0.3, -0.25) is 0 Å². The first-order valence-electron chi connectivity index (χ1n) is 2.35. The van der Waals surface area contributed by atoms with Gasteiger partial charge in [0.15, 0.2) is 0 Å². The van der Waals surface area contributed by atoms with Crippen LogP contribution in [0.4, 0.5) is 0 Å². The second kappa shape index (κ2) is 4.09. The van der Waals surface area contributed by atoms with Crippen molar-refractivity contribution in [3.63, 3.8) is 0 Å². The van der Waals surface area contributed by atoms with Crippen molar-refractivity contribution in [2.24, 2.45) is 5.73 Å². The molecule has 1 radical (unpaired) electrons. The largest absolute Gasteiger partial charge is 0.383 e. The molecule has 0 fully saturated rings. The van der Waals surface area contributed by atoms with E-state index in [9.17, 15) is 0 Å². The lowest BCUT2D eigenvalue weighted by Gasteiger charge is -2.03. The molecule has 0 rings (SSSR count). The average molecular weight is 102 g/mol. The van der Waals surface area contributed by atoms with Crippen molar-refractivity contribution >= 4 is 0 Å².